The topological polar surface area (TPSA) is 103 Å². The van der Waals surface area contributed by atoms with Crippen molar-refractivity contribution in [2.24, 2.45) is 27.1 Å². The van der Waals surface area contributed by atoms with Gasteiger partial charge in [0, 0.05) is 27.1 Å². The lowest BCUT2D eigenvalue weighted by atomic mass is 9.84. The third-order valence-electron chi connectivity index (χ3n) is 11.7. The fraction of sp³-hybridized carbons (Fsp3) is 0.850. The molecule has 0 radical (unpaired) electrons. The molecule has 50 heavy (non-hydrogen) atoms. The van der Waals surface area contributed by atoms with Crippen LogP contribution in [-0.2, 0) is 55.8 Å². The molecule has 0 atom stereocenters. The van der Waals surface area contributed by atoms with Gasteiger partial charge < -0.3 is 47.7 Å². The van der Waals surface area contributed by atoms with Crippen molar-refractivity contribution in [2.45, 2.75) is 79.9 Å². The Morgan fingerprint density at radius 2 is 0.700 bits per heavy atom. The lowest BCUT2D eigenvalue weighted by Crippen LogP contribution is -2.46. The van der Waals surface area contributed by atoms with Crippen LogP contribution in [0.5, 0.6) is 0 Å². The second kappa shape index (κ2) is 20.3. The van der Waals surface area contributed by atoms with Crippen molar-refractivity contribution in [3.8, 4) is 0 Å². The predicted molar refractivity (Wildman–Crippen MR) is 192 cm³/mol. The summed E-state index contributed by atoms with van der Waals surface area (Å²) in [7, 11) is 0. The van der Waals surface area contributed by atoms with Gasteiger partial charge in [-0.3, -0.25) is 0 Å². The first-order valence-corrected chi connectivity index (χ1v) is 19.1. The van der Waals surface area contributed by atoms with Crippen LogP contribution in [-0.4, -0.2) is 117 Å². The molecule has 1 aromatic rings. The van der Waals surface area contributed by atoms with E-state index >= 15 is 0 Å². The highest BCUT2D eigenvalue weighted by atomic mass is 16.5. The van der Waals surface area contributed by atoms with Crippen LogP contribution in [0.3, 0.4) is 0 Å². The molecule has 1 N–H and O–H groups in total. The van der Waals surface area contributed by atoms with Crippen LogP contribution in [0.2, 0.25) is 0 Å². The van der Waals surface area contributed by atoms with Crippen LogP contribution >= 0.6 is 0 Å². The van der Waals surface area contributed by atoms with Gasteiger partial charge in [0.1, 0.15) is 0 Å². The van der Waals surface area contributed by atoms with E-state index in [4.69, 9.17) is 47.7 Å². The number of hydrogen-bond donors (Lipinski definition) is 1. The number of aliphatic hydroxyl groups is 1. The number of hydrogen-bond acceptors (Lipinski definition) is 10. The highest BCUT2D eigenvalue weighted by Gasteiger charge is 2.39. The predicted octanol–water partition coefficient (Wildman–Crippen LogP) is 5.85. The largest absolute Gasteiger partial charge is 0.396 e. The fourth-order valence-electron chi connectivity index (χ4n) is 6.12. The van der Waals surface area contributed by atoms with Crippen molar-refractivity contribution in [1.29, 1.82) is 0 Å². The summed E-state index contributed by atoms with van der Waals surface area (Å²) in [6, 6.07) is 8.54. The van der Waals surface area contributed by atoms with E-state index in [2.05, 4.69) is 58.9 Å². The van der Waals surface area contributed by atoms with Gasteiger partial charge in [-0.25, -0.2) is 0 Å². The molecule has 1 aromatic carbocycles. The van der Waals surface area contributed by atoms with Crippen LogP contribution in [0.4, 0.5) is 0 Å². The first-order valence-electron chi connectivity index (χ1n) is 19.1. The smallest absolute Gasteiger partial charge is 0.0717 e. The summed E-state index contributed by atoms with van der Waals surface area (Å²) in [6.07, 6.45) is 5.53. The Balaban J connectivity index is 0.000000189. The van der Waals surface area contributed by atoms with Gasteiger partial charge in [0.2, 0.25) is 0 Å². The van der Waals surface area contributed by atoms with E-state index in [1.165, 1.54) is 11.1 Å². The van der Waals surface area contributed by atoms with E-state index in [9.17, 15) is 0 Å². The van der Waals surface area contributed by atoms with Gasteiger partial charge in [-0.05, 0) is 43.2 Å². The summed E-state index contributed by atoms with van der Waals surface area (Å²) < 4.78 is 49.3. The lowest BCUT2D eigenvalue weighted by Gasteiger charge is -2.41. The number of aliphatic hydroxyl groups excluding tert-OH is 1. The molecule has 0 amide bonds. The molecule has 0 aliphatic carbocycles. The monoisotopic (exact) mass is 708 g/mol. The zero-order chi connectivity index (χ0) is 35.8. The lowest BCUT2D eigenvalue weighted by molar-refractivity contribution is -0.164. The molecule has 5 heterocycles. The standard InChI is InChI=1S/C20H30O4.C14H26O4.C6H12O2/c1-3-19(13-23-14-19)11-21-9-17-5-7-18(8-6-17)10-22-12-20(4-2)15-24-16-20;1-3-13(9-17-10-13)7-15-5-6-16-8-14(4-2)11-18-12-14;1-2-6(3-7)4-8-5-6/h5-8H,3-4,9-16H2,1-2H3;3-12H2,1-2H3;7H,2-5H2,1H3. The summed E-state index contributed by atoms with van der Waals surface area (Å²) in [6.45, 7) is 25.3. The quantitative estimate of drug-likeness (QED) is 0.157. The molecule has 288 valence electrons. The van der Waals surface area contributed by atoms with Crippen molar-refractivity contribution in [1.82, 2.24) is 0 Å². The second-order valence-corrected chi connectivity index (χ2v) is 15.8. The summed E-state index contributed by atoms with van der Waals surface area (Å²) in [4.78, 5) is 0. The summed E-state index contributed by atoms with van der Waals surface area (Å²) >= 11 is 0. The Hall–Kier alpha value is -1.18. The van der Waals surface area contributed by atoms with Crippen molar-refractivity contribution in [3.63, 3.8) is 0 Å². The highest BCUT2D eigenvalue weighted by molar-refractivity contribution is 5.21. The molecule has 0 saturated carbocycles. The zero-order valence-electron chi connectivity index (χ0n) is 31.9. The third kappa shape index (κ3) is 11.7. The maximum absolute atomic E-state index is 8.76. The molecular weight excluding hydrogens is 640 g/mol. The molecule has 10 heteroatoms. The second-order valence-electron chi connectivity index (χ2n) is 15.8. The van der Waals surface area contributed by atoms with E-state index in [-0.39, 0.29) is 33.7 Å². The number of benzene rings is 1. The Labute approximate surface area is 302 Å². The SMILES string of the molecule is CCC1(CO)COC1.CCC1(COCCOCC2(CC)COC2)COC1.CCC1(COCc2ccc(COCC3(CC)COC3)cc2)COC1. The third-order valence-corrected chi connectivity index (χ3v) is 11.7. The minimum absolute atomic E-state index is 0.139. The van der Waals surface area contributed by atoms with Gasteiger partial charge in [0.25, 0.3) is 0 Å². The summed E-state index contributed by atoms with van der Waals surface area (Å²) in [5, 5.41) is 8.76. The maximum atomic E-state index is 8.76. The normalized spacial score (nSPS) is 22.8. The average Bonchev–Trinajstić information content (AvgIpc) is 3.05. The van der Waals surface area contributed by atoms with E-state index in [0.717, 1.165) is 125 Å². The average molecular weight is 709 g/mol. The van der Waals surface area contributed by atoms with Crippen molar-refractivity contribution in [3.05, 3.63) is 35.4 Å². The molecular formula is C40H68O10. The van der Waals surface area contributed by atoms with Crippen LogP contribution < -0.4 is 0 Å². The first-order chi connectivity index (χ1) is 24.3. The molecule has 5 aliphatic heterocycles. The Morgan fingerprint density at radius 1 is 0.440 bits per heavy atom. The Morgan fingerprint density at radius 3 is 0.880 bits per heavy atom. The number of ether oxygens (including phenoxy) is 9. The van der Waals surface area contributed by atoms with Crippen LogP contribution in [0.25, 0.3) is 0 Å². The van der Waals surface area contributed by atoms with Crippen molar-refractivity contribution >= 4 is 0 Å². The van der Waals surface area contributed by atoms with E-state index in [0.29, 0.717) is 26.4 Å². The van der Waals surface area contributed by atoms with Gasteiger partial charge in [-0.2, -0.15) is 0 Å². The Kier molecular flexibility index (Phi) is 16.9. The zero-order valence-corrected chi connectivity index (χ0v) is 31.9. The summed E-state index contributed by atoms with van der Waals surface area (Å²) in [5.74, 6) is 0. The molecule has 0 spiro atoms. The molecule has 0 aromatic heterocycles. The molecule has 10 nitrogen and oxygen atoms in total. The minimum atomic E-state index is 0.139. The molecule has 0 unspecified atom stereocenters. The summed E-state index contributed by atoms with van der Waals surface area (Å²) in [5.41, 5.74) is 3.65. The first kappa shape index (κ1) is 41.6. The number of rotatable bonds is 21. The molecule has 0 bridgehead atoms. The van der Waals surface area contributed by atoms with Crippen molar-refractivity contribution < 1.29 is 47.7 Å². The van der Waals surface area contributed by atoms with Gasteiger partial charge in [0.05, 0.1) is 126 Å². The van der Waals surface area contributed by atoms with Gasteiger partial charge in [-0.1, -0.05) is 58.9 Å². The van der Waals surface area contributed by atoms with Crippen molar-refractivity contribution in [2.75, 3.05) is 112 Å². The molecule has 5 aliphatic rings. The van der Waals surface area contributed by atoms with Crippen LogP contribution in [0.1, 0.15) is 77.8 Å². The highest BCUT2D eigenvalue weighted by Crippen LogP contribution is 2.34. The van der Waals surface area contributed by atoms with Gasteiger partial charge in [-0.15, -0.1) is 0 Å². The molecule has 5 fully saturated rings. The molecule has 6 rings (SSSR count). The van der Waals surface area contributed by atoms with Gasteiger partial charge >= 0.3 is 0 Å². The van der Waals surface area contributed by atoms with E-state index in [1.807, 2.05) is 0 Å². The Bertz CT molecular complexity index is 950. The van der Waals surface area contributed by atoms with Gasteiger partial charge in [0.15, 0.2) is 0 Å². The van der Waals surface area contributed by atoms with E-state index < -0.39 is 0 Å². The fourth-order valence-corrected chi connectivity index (χ4v) is 6.12. The maximum Gasteiger partial charge on any atom is 0.0717 e. The van der Waals surface area contributed by atoms with Crippen LogP contribution in [0, 0.1) is 27.1 Å². The van der Waals surface area contributed by atoms with E-state index in [1.54, 1.807) is 0 Å². The molecule has 5 saturated heterocycles. The van der Waals surface area contributed by atoms with Crippen LogP contribution in [0.15, 0.2) is 24.3 Å². The minimum Gasteiger partial charge on any atom is -0.396 e.